The summed E-state index contributed by atoms with van der Waals surface area (Å²) in [5, 5.41) is 11.4. The first-order chi connectivity index (χ1) is 9.35. The number of nitrogens with one attached hydrogen (secondary N) is 2. The van der Waals surface area contributed by atoms with E-state index in [1.807, 2.05) is 0 Å². The number of sulfonamides is 1. The Morgan fingerprint density at radius 3 is 2.40 bits per heavy atom. The summed E-state index contributed by atoms with van der Waals surface area (Å²) >= 11 is 0. The normalized spacial score (nSPS) is 12.9. The highest BCUT2D eigenvalue weighted by atomic mass is 32.2. The average Bonchev–Trinajstić information content (AvgIpc) is 2.36. The van der Waals surface area contributed by atoms with Crippen molar-refractivity contribution in [2.45, 2.75) is 37.8 Å². The van der Waals surface area contributed by atoms with Crippen molar-refractivity contribution in [2.24, 2.45) is 0 Å². The van der Waals surface area contributed by atoms with Crippen LogP contribution < -0.4 is 10.0 Å². The Morgan fingerprint density at radius 1 is 1.30 bits per heavy atom. The lowest BCUT2D eigenvalue weighted by molar-refractivity contribution is -0.119. The Kier molecular flexibility index (Phi) is 6.12. The van der Waals surface area contributed by atoms with E-state index in [9.17, 15) is 13.2 Å². The largest absolute Gasteiger partial charge is 0.396 e. The summed E-state index contributed by atoms with van der Waals surface area (Å²) in [4.78, 5) is 10.9. The number of amides is 1. The number of rotatable bonds is 7. The summed E-state index contributed by atoms with van der Waals surface area (Å²) in [6, 6.07) is 5.96. The van der Waals surface area contributed by atoms with Crippen LogP contribution in [0.25, 0.3) is 0 Å². The number of aliphatic hydroxyl groups is 1. The first-order valence-corrected chi connectivity index (χ1v) is 7.80. The minimum atomic E-state index is -3.58. The highest BCUT2D eigenvalue weighted by molar-refractivity contribution is 7.89. The van der Waals surface area contributed by atoms with Gasteiger partial charge in [0.05, 0.1) is 4.90 Å². The summed E-state index contributed by atoms with van der Waals surface area (Å²) in [5.41, 5.74) is 0.822. The highest BCUT2D eigenvalue weighted by Gasteiger charge is 2.16. The van der Waals surface area contributed by atoms with Gasteiger partial charge in [0.1, 0.15) is 0 Å². The Hall–Kier alpha value is -1.44. The predicted molar refractivity (Wildman–Crippen MR) is 75.4 cm³/mol. The fraction of sp³-hybridized carbons (Fsp3) is 0.462. The van der Waals surface area contributed by atoms with E-state index in [1.165, 1.54) is 19.1 Å². The minimum absolute atomic E-state index is 0.0701. The molecule has 1 unspecified atom stereocenters. The van der Waals surface area contributed by atoms with E-state index in [-0.39, 0.29) is 23.5 Å². The van der Waals surface area contributed by atoms with E-state index in [1.54, 1.807) is 19.1 Å². The zero-order valence-electron chi connectivity index (χ0n) is 11.6. The van der Waals surface area contributed by atoms with Crippen molar-refractivity contribution < 1.29 is 18.3 Å². The monoisotopic (exact) mass is 300 g/mol. The van der Waals surface area contributed by atoms with Gasteiger partial charge in [-0.1, -0.05) is 12.1 Å². The van der Waals surface area contributed by atoms with E-state index in [0.29, 0.717) is 13.0 Å². The van der Waals surface area contributed by atoms with Crippen LogP contribution in [0.2, 0.25) is 0 Å². The van der Waals surface area contributed by atoms with Crippen LogP contribution in [0, 0.1) is 0 Å². The second kappa shape index (κ2) is 7.37. The van der Waals surface area contributed by atoms with Crippen LogP contribution >= 0.6 is 0 Å². The number of benzene rings is 1. The molecule has 0 aliphatic heterocycles. The fourth-order valence-electron chi connectivity index (χ4n) is 1.60. The van der Waals surface area contributed by atoms with Gasteiger partial charge in [0.25, 0.3) is 0 Å². The molecule has 3 N–H and O–H groups in total. The second-order valence-electron chi connectivity index (χ2n) is 4.59. The summed E-state index contributed by atoms with van der Waals surface area (Å²) in [6.45, 7) is 3.41. The van der Waals surface area contributed by atoms with Gasteiger partial charge in [-0.3, -0.25) is 4.79 Å². The molecule has 0 saturated heterocycles. The number of hydrogen-bond donors (Lipinski definition) is 3. The van der Waals surface area contributed by atoms with Gasteiger partial charge in [0, 0.05) is 26.1 Å². The maximum Gasteiger partial charge on any atom is 0.240 e. The molecule has 1 rings (SSSR count). The van der Waals surface area contributed by atoms with Crippen molar-refractivity contribution in [3.8, 4) is 0 Å². The summed E-state index contributed by atoms with van der Waals surface area (Å²) < 4.78 is 26.6. The average molecular weight is 300 g/mol. The van der Waals surface area contributed by atoms with Crippen LogP contribution in [0.15, 0.2) is 29.2 Å². The molecule has 1 aromatic rings. The van der Waals surface area contributed by atoms with Gasteiger partial charge in [-0.25, -0.2) is 13.1 Å². The van der Waals surface area contributed by atoms with Gasteiger partial charge >= 0.3 is 0 Å². The molecule has 112 valence electrons. The van der Waals surface area contributed by atoms with Crippen molar-refractivity contribution in [1.82, 2.24) is 10.0 Å². The lowest BCUT2D eigenvalue weighted by atomic mass is 10.2. The maximum absolute atomic E-state index is 12.0. The van der Waals surface area contributed by atoms with Gasteiger partial charge < -0.3 is 10.4 Å². The number of aliphatic hydroxyl groups excluding tert-OH is 1. The fourth-order valence-corrected chi connectivity index (χ4v) is 2.88. The summed E-state index contributed by atoms with van der Waals surface area (Å²) in [5.74, 6) is -0.138. The van der Waals surface area contributed by atoms with Crippen LogP contribution in [0.4, 0.5) is 0 Å². The highest BCUT2D eigenvalue weighted by Crippen LogP contribution is 2.11. The lowest BCUT2D eigenvalue weighted by Gasteiger charge is -2.13. The van der Waals surface area contributed by atoms with E-state index in [4.69, 9.17) is 5.11 Å². The third-order valence-electron chi connectivity index (χ3n) is 2.69. The van der Waals surface area contributed by atoms with Crippen LogP contribution in [0.5, 0.6) is 0 Å². The molecule has 1 aromatic carbocycles. The predicted octanol–water partition coefficient (Wildman–Crippen LogP) is 0.372. The van der Waals surface area contributed by atoms with Crippen LogP contribution in [-0.2, 0) is 21.4 Å². The molecular weight excluding hydrogens is 280 g/mol. The van der Waals surface area contributed by atoms with Crippen molar-refractivity contribution in [1.29, 1.82) is 0 Å². The number of carbonyl (C=O) groups excluding carboxylic acids is 1. The van der Waals surface area contributed by atoms with Crippen molar-refractivity contribution in [3.05, 3.63) is 29.8 Å². The molecule has 0 aliphatic rings. The zero-order chi connectivity index (χ0) is 15.2. The minimum Gasteiger partial charge on any atom is -0.396 e. The quantitative estimate of drug-likeness (QED) is 0.678. The molecule has 0 fully saturated rings. The Morgan fingerprint density at radius 2 is 1.90 bits per heavy atom. The SMILES string of the molecule is CC(=O)NCc1ccc(S(=O)(=O)NC(C)CCO)cc1. The standard InChI is InChI=1S/C13H20N2O4S/c1-10(7-8-16)15-20(18,19)13-5-3-12(4-6-13)9-14-11(2)17/h3-6,10,15-16H,7-9H2,1-2H3,(H,14,17). The van der Waals surface area contributed by atoms with Crippen molar-refractivity contribution in [2.75, 3.05) is 6.61 Å². The van der Waals surface area contributed by atoms with Crippen molar-refractivity contribution >= 4 is 15.9 Å². The topological polar surface area (TPSA) is 95.5 Å². The van der Waals surface area contributed by atoms with Crippen molar-refractivity contribution in [3.63, 3.8) is 0 Å². The van der Waals surface area contributed by atoms with Crippen LogP contribution in [0.1, 0.15) is 25.8 Å². The molecule has 0 spiro atoms. The Balaban J connectivity index is 2.74. The van der Waals surface area contributed by atoms with Gasteiger partial charge in [0.15, 0.2) is 0 Å². The summed E-state index contributed by atoms with van der Waals surface area (Å²) in [6.07, 6.45) is 0.361. The van der Waals surface area contributed by atoms with E-state index < -0.39 is 10.0 Å². The Labute approximate surface area is 119 Å². The van der Waals surface area contributed by atoms with Gasteiger partial charge in [0.2, 0.25) is 15.9 Å². The molecular formula is C13H20N2O4S. The molecule has 0 radical (unpaired) electrons. The van der Waals surface area contributed by atoms with E-state index >= 15 is 0 Å². The van der Waals surface area contributed by atoms with Gasteiger partial charge in [-0.2, -0.15) is 0 Å². The zero-order valence-corrected chi connectivity index (χ0v) is 12.4. The number of hydrogen-bond acceptors (Lipinski definition) is 4. The molecule has 1 atom stereocenters. The lowest BCUT2D eigenvalue weighted by Crippen LogP contribution is -2.33. The third kappa shape index (κ3) is 5.28. The molecule has 7 heteroatoms. The molecule has 0 heterocycles. The molecule has 0 aromatic heterocycles. The molecule has 20 heavy (non-hydrogen) atoms. The van der Waals surface area contributed by atoms with Crippen LogP contribution in [-0.4, -0.2) is 32.1 Å². The maximum atomic E-state index is 12.0. The first kappa shape index (κ1) is 16.6. The number of carbonyl (C=O) groups is 1. The second-order valence-corrected chi connectivity index (χ2v) is 6.30. The molecule has 0 aliphatic carbocycles. The van der Waals surface area contributed by atoms with Gasteiger partial charge in [-0.05, 0) is 31.0 Å². The molecule has 6 nitrogen and oxygen atoms in total. The van der Waals surface area contributed by atoms with Crippen LogP contribution in [0.3, 0.4) is 0 Å². The molecule has 1 amide bonds. The third-order valence-corrected chi connectivity index (χ3v) is 4.30. The summed E-state index contributed by atoms with van der Waals surface area (Å²) in [7, 11) is -3.58. The Bertz CT molecular complexity index is 540. The smallest absolute Gasteiger partial charge is 0.240 e. The van der Waals surface area contributed by atoms with Gasteiger partial charge in [-0.15, -0.1) is 0 Å². The van der Waals surface area contributed by atoms with E-state index in [0.717, 1.165) is 5.56 Å². The first-order valence-electron chi connectivity index (χ1n) is 6.31. The van der Waals surface area contributed by atoms with E-state index in [2.05, 4.69) is 10.0 Å². The molecule has 0 bridgehead atoms. The molecule has 0 saturated carbocycles.